The van der Waals surface area contributed by atoms with Gasteiger partial charge in [0.1, 0.15) is 0 Å². The lowest BCUT2D eigenvalue weighted by molar-refractivity contribution is -0.118. The van der Waals surface area contributed by atoms with Crippen LogP contribution in [0, 0.1) is 0 Å². The molecule has 0 saturated carbocycles. The van der Waals surface area contributed by atoms with Crippen molar-refractivity contribution in [3.8, 4) is 0 Å². The van der Waals surface area contributed by atoms with Gasteiger partial charge in [0.2, 0.25) is 11.9 Å². The molecule has 5 nitrogen and oxygen atoms in total. The first-order valence-electron chi connectivity index (χ1n) is 5.90. The topological polar surface area (TPSA) is 69.8 Å². The van der Waals surface area contributed by atoms with Crippen LogP contribution in [-0.4, -0.2) is 34.4 Å². The number of nitrogens with one attached hydrogen (secondary N) is 3. The second-order valence-electron chi connectivity index (χ2n) is 4.59. The highest BCUT2D eigenvalue weighted by molar-refractivity contribution is 5.95. The van der Waals surface area contributed by atoms with Gasteiger partial charge >= 0.3 is 0 Å². The van der Waals surface area contributed by atoms with Crippen molar-refractivity contribution in [2.75, 3.05) is 11.9 Å². The highest BCUT2D eigenvalue weighted by Crippen LogP contribution is 2.25. The van der Waals surface area contributed by atoms with Gasteiger partial charge in [-0.2, -0.15) is 0 Å². The van der Waals surface area contributed by atoms with Gasteiger partial charge in [0, 0.05) is 6.42 Å². The van der Waals surface area contributed by atoms with Crippen molar-refractivity contribution in [1.29, 1.82) is 0 Å². The predicted molar refractivity (Wildman–Crippen MR) is 66.1 cm³/mol. The molecule has 3 rings (SSSR count). The number of hydrogen-bond donors (Lipinski definition) is 3. The van der Waals surface area contributed by atoms with Crippen LogP contribution in [0.1, 0.15) is 6.42 Å². The number of hydrogen-bond acceptors (Lipinski definition) is 3. The average Bonchev–Trinajstić information content (AvgIpc) is 2.91. The summed E-state index contributed by atoms with van der Waals surface area (Å²) in [5.41, 5.74) is 1.49. The summed E-state index contributed by atoms with van der Waals surface area (Å²) in [4.78, 5) is 18.9. The smallest absolute Gasteiger partial charge is 0.262 e. The molecule has 1 unspecified atom stereocenters. The molecule has 1 aliphatic rings. The molecule has 1 aliphatic heterocycles. The Hall–Kier alpha value is -2.02. The van der Waals surface area contributed by atoms with Crippen LogP contribution in [0.4, 0.5) is 14.7 Å². The van der Waals surface area contributed by atoms with Crippen molar-refractivity contribution >= 4 is 22.9 Å². The number of carbonyl (C=O) groups excluding carboxylic acids is 1. The Morgan fingerprint density at radius 1 is 1.42 bits per heavy atom. The third-order valence-electron chi connectivity index (χ3n) is 3.06. The van der Waals surface area contributed by atoms with Crippen molar-refractivity contribution < 1.29 is 13.6 Å². The van der Waals surface area contributed by atoms with E-state index in [4.69, 9.17) is 0 Å². The van der Waals surface area contributed by atoms with Crippen molar-refractivity contribution in [2.45, 2.75) is 18.4 Å². The van der Waals surface area contributed by atoms with E-state index in [9.17, 15) is 13.6 Å². The summed E-state index contributed by atoms with van der Waals surface area (Å²) in [6.07, 6.45) is -0.487. The van der Waals surface area contributed by atoms with E-state index in [1.54, 1.807) is 6.07 Å². The number of amides is 1. The van der Waals surface area contributed by atoms with Crippen LogP contribution in [0.3, 0.4) is 0 Å². The molecule has 19 heavy (non-hydrogen) atoms. The summed E-state index contributed by atoms with van der Waals surface area (Å²) >= 11 is 0. The number of alkyl halides is 2. The third kappa shape index (κ3) is 2.41. The van der Waals surface area contributed by atoms with Gasteiger partial charge in [-0.25, -0.2) is 13.8 Å². The predicted octanol–water partition coefficient (Wildman–Crippen LogP) is 1.50. The van der Waals surface area contributed by atoms with Crippen LogP contribution in [0.5, 0.6) is 0 Å². The standard InChI is InChI=1S/C12H12F2N4O/c13-12(14)5-9(15-6-12)10(19)18-11-16-7-3-1-2-4-8(7)17-11/h1-4,9,15H,5-6H2,(H2,16,17,18,19). The van der Waals surface area contributed by atoms with E-state index in [0.717, 1.165) is 5.52 Å². The highest BCUT2D eigenvalue weighted by Gasteiger charge is 2.42. The molecule has 1 aromatic heterocycles. The second-order valence-corrected chi connectivity index (χ2v) is 4.59. The number of nitrogens with zero attached hydrogens (tertiary/aromatic N) is 1. The fraction of sp³-hybridized carbons (Fsp3) is 0.333. The zero-order valence-corrected chi connectivity index (χ0v) is 9.91. The Balaban J connectivity index is 1.73. The molecule has 1 saturated heterocycles. The quantitative estimate of drug-likeness (QED) is 0.771. The van der Waals surface area contributed by atoms with Crippen molar-refractivity contribution in [3.05, 3.63) is 24.3 Å². The van der Waals surface area contributed by atoms with Crippen LogP contribution in [0.15, 0.2) is 24.3 Å². The van der Waals surface area contributed by atoms with Crippen LogP contribution in [0.25, 0.3) is 11.0 Å². The number of fused-ring (bicyclic) bond motifs is 1. The van der Waals surface area contributed by atoms with Crippen LogP contribution >= 0.6 is 0 Å². The number of aromatic nitrogens is 2. The van der Waals surface area contributed by atoms with Gasteiger partial charge in [-0.3, -0.25) is 15.4 Å². The van der Waals surface area contributed by atoms with Gasteiger partial charge in [0.05, 0.1) is 23.6 Å². The van der Waals surface area contributed by atoms with E-state index in [1.165, 1.54) is 0 Å². The maximum atomic E-state index is 13.0. The summed E-state index contributed by atoms with van der Waals surface area (Å²) < 4.78 is 26.0. The first-order chi connectivity index (χ1) is 9.03. The summed E-state index contributed by atoms with van der Waals surface area (Å²) in [5, 5.41) is 5.01. The lowest BCUT2D eigenvalue weighted by Gasteiger charge is -2.09. The summed E-state index contributed by atoms with van der Waals surface area (Å²) in [5.74, 6) is -3.06. The van der Waals surface area contributed by atoms with Gasteiger partial charge < -0.3 is 4.98 Å². The number of anilines is 1. The molecule has 3 N–H and O–H groups in total. The largest absolute Gasteiger partial charge is 0.324 e. The number of H-pyrrole nitrogens is 1. The molecule has 1 fully saturated rings. The van der Waals surface area contributed by atoms with Gasteiger partial charge in [-0.1, -0.05) is 12.1 Å². The molecule has 1 atom stereocenters. The van der Waals surface area contributed by atoms with Crippen LogP contribution in [0.2, 0.25) is 0 Å². The Bertz CT molecular complexity index is 592. The van der Waals surface area contributed by atoms with Gasteiger partial charge in [-0.15, -0.1) is 0 Å². The Labute approximate surface area is 107 Å². The number of aromatic amines is 1. The highest BCUT2D eigenvalue weighted by atomic mass is 19.3. The molecule has 2 aromatic rings. The molecule has 7 heteroatoms. The van der Waals surface area contributed by atoms with E-state index in [-0.39, 0.29) is 5.95 Å². The number of imidazole rings is 1. The Kier molecular flexibility index (Phi) is 2.70. The molecule has 0 radical (unpaired) electrons. The van der Waals surface area contributed by atoms with E-state index in [0.29, 0.717) is 5.52 Å². The van der Waals surface area contributed by atoms with Gasteiger partial charge in [-0.05, 0) is 12.1 Å². The van der Waals surface area contributed by atoms with Gasteiger partial charge in [0.15, 0.2) is 0 Å². The third-order valence-corrected chi connectivity index (χ3v) is 3.06. The molecule has 0 bridgehead atoms. The summed E-state index contributed by atoms with van der Waals surface area (Å²) in [6, 6.07) is 6.39. The minimum atomic E-state index is -2.82. The monoisotopic (exact) mass is 266 g/mol. The molecular weight excluding hydrogens is 254 g/mol. The van der Waals surface area contributed by atoms with E-state index in [2.05, 4.69) is 20.6 Å². The Morgan fingerprint density at radius 3 is 2.89 bits per heavy atom. The number of para-hydroxylation sites is 2. The maximum absolute atomic E-state index is 13.0. The van der Waals surface area contributed by atoms with E-state index < -0.39 is 30.8 Å². The van der Waals surface area contributed by atoms with Crippen molar-refractivity contribution in [2.24, 2.45) is 0 Å². The number of rotatable bonds is 2. The second kappa shape index (κ2) is 4.27. The summed E-state index contributed by atoms with van der Waals surface area (Å²) in [6.45, 7) is -0.467. The molecular formula is C12H12F2N4O. The SMILES string of the molecule is O=C(Nc1nc2ccccc2[nH]1)C1CC(F)(F)CN1. The fourth-order valence-corrected chi connectivity index (χ4v) is 2.12. The first-order valence-corrected chi connectivity index (χ1v) is 5.90. The normalized spacial score (nSPS) is 21.7. The first kappa shape index (κ1) is 12.0. The molecule has 2 heterocycles. The number of benzene rings is 1. The number of halogens is 2. The average molecular weight is 266 g/mol. The summed E-state index contributed by atoms with van der Waals surface area (Å²) in [7, 11) is 0. The zero-order valence-electron chi connectivity index (χ0n) is 9.91. The Morgan fingerprint density at radius 2 is 2.21 bits per heavy atom. The van der Waals surface area contributed by atoms with E-state index >= 15 is 0 Å². The van der Waals surface area contributed by atoms with Gasteiger partial charge in [0.25, 0.3) is 5.92 Å². The lowest BCUT2D eigenvalue weighted by atomic mass is 10.2. The van der Waals surface area contributed by atoms with Crippen molar-refractivity contribution in [3.63, 3.8) is 0 Å². The maximum Gasteiger partial charge on any atom is 0.262 e. The van der Waals surface area contributed by atoms with E-state index in [1.807, 2.05) is 18.2 Å². The van der Waals surface area contributed by atoms with Crippen molar-refractivity contribution in [1.82, 2.24) is 15.3 Å². The zero-order chi connectivity index (χ0) is 13.5. The molecule has 0 spiro atoms. The number of carbonyl (C=O) groups is 1. The lowest BCUT2D eigenvalue weighted by Crippen LogP contribution is -2.35. The molecule has 0 aliphatic carbocycles. The molecule has 1 amide bonds. The minimum absolute atomic E-state index is 0.267. The minimum Gasteiger partial charge on any atom is -0.324 e. The molecule has 1 aromatic carbocycles. The van der Waals surface area contributed by atoms with Crippen LogP contribution in [-0.2, 0) is 4.79 Å². The fourth-order valence-electron chi connectivity index (χ4n) is 2.12. The van der Waals surface area contributed by atoms with Crippen LogP contribution < -0.4 is 10.6 Å². The molecule has 100 valence electrons.